The van der Waals surface area contributed by atoms with Gasteiger partial charge < -0.3 is 19.8 Å². The van der Waals surface area contributed by atoms with Crippen molar-refractivity contribution in [3.63, 3.8) is 0 Å². The molecule has 0 aromatic heterocycles. The molecule has 0 heterocycles. The van der Waals surface area contributed by atoms with E-state index in [1.807, 2.05) is 6.92 Å². The molecule has 0 aliphatic rings. The second-order valence-corrected chi connectivity index (χ2v) is 8.64. The van der Waals surface area contributed by atoms with Crippen molar-refractivity contribution in [2.24, 2.45) is 5.92 Å². The molecule has 0 radical (unpaired) electrons. The van der Waals surface area contributed by atoms with Crippen LogP contribution in [-0.2, 0) is 17.2 Å². The Balaban J connectivity index is -0.000000269. The maximum absolute atomic E-state index is 10.3. The molecule has 1 unspecified atom stereocenters. The van der Waals surface area contributed by atoms with Crippen molar-refractivity contribution in [3.05, 3.63) is 0 Å². The molecule has 0 saturated carbocycles. The Labute approximate surface area is 226 Å². The van der Waals surface area contributed by atoms with Crippen LogP contribution in [0.25, 0.3) is 0 Å². The van der Waals surface area contributed by atoms with E-state index in [1.54, 1.807) is 0 Å². The second kappa shape index (κ2) is 39.8. The van der Waals surface area contributed by atoms with Gasteiger partial charge in [0.2, 0.25) is 0 Å². The van der Waals surface area contributed by atoms with E-state index in [9.17, 15) is 19.8 Å². The Hall–Kier alpha value is -0.395. The fraction of sp³-hybridized carbons (Fsp3) is 0.923. The average molecular weight is 513 g/mol. The molecular formula is C26H50Al2O6. The van der Waals surface area contributed by atoms with Gasteiger partial charge in [0.15, 0.2) is 0 Å². The van der Waals surface area contributed by atoms with Gasteiger partial charge in [-0.2, -0.15) is 0 Å². The summed E-state index contributed by atoms with van der Waals surface area (Å²) in [6.45, 7) is 6.21. The molecule has 0 amide bonds. The van der Waals surface area contributed by atoms with Crippen LogP contribution in [0.4, 0.5) is 0 Å². The van der Waals surface area contributed by atoms with E-state index in [2.05, 4.69) is 13.8 Å². The van der Waals surface area contributed by atoms with Crippen LogP contribution in [0.3, 0.4) is 0 Å². The van der Waals surface area contributed by atoms with Gasteiger partial charge in [-0.15, -0.1) is 0 Å². The fourth-order valence-electron chi connectivity index (χ4n) is 3.58. The van der Waals surface area contributed by atoms with Crippen molar-refractivity contribution in [1.82, 2.24) is 0 Å². The molecule has 0 N–H and O–H groups in total. The molecule has 0 aliphatic heterocycles. The van der Waals surface area contributed by atoms with Gasteiger partial charge in [0.1, 0.15) is 0 Å². The number of unbranched alkanes of at least 4 members (excludes halogenated alkanes) is 15. The Morgan fingerprint density at radius 2 is 0.882 bits per heavy atom. The SMILES string of the molecule is CCCCC(CC)C(=O)[O-].CCCCCCCCCCCCCCCCCC(=O)[O-].[O]=[Al+].[O]=[Al+]. The van der Waals surface area contributed by atoms with Gasteiger partial charge in [-0.05, 0) is 31.6 Å². The summed E-state index contributed by atoms with van der Waals surface area (Å²) < 4.78 is 16.3. The van der Waals surface area contributed by atoms with Crippen molar-refractivity contribution in [2.75, 3.05) is 0 Å². The van der Waals surface area contributed by atoms with Crippen LogP contribution < -0.4 is 10.2 Å². The van der Waals surface area contributed by atoms with Crippen molar-refractivity contribution >= 4 is 44.4 Å². The molecule has 0 aromatic carbocycles. The third-order valence-electron chi connectivity index (χ3n) is 5.72. The Kier molecular flexibility index (Phi) is 47.7. The summed E-state index contributed by atoms with van der Waals surface area (Å²) >= 11 is 2.33. The number of carbonyl (C=O) groups excluding carboxylic acids is 2. The van der Waals surface area contributed by atoms with Crippen molar-refractivity contribution < 1.29 is 27.4 Å². The third-order valence-corrected chi connectivity index (χ3v) is 5.72. The molecule has 196 valence electrons. The Morgan fingerprint density at radius 3 is 1.15 bits per heavy atom. The number of hydrogen-bond donors (Lipinski definition) is 0. The topological polar surface area (TPSA) is 114 Å². The molecular weight excluding hydrogens is 462 g/mol. The molecule has 0 saturated heterocycles. The van der Waals surface area contributed by atoms with Crippen molar-refractivity contribution in [1.29, 1.82) is 0 Å². The number of aliphatic carboxylic acids is 2. The first-order chi connectivity index (χ1) is 16.5. The van der Waals surface area contributed by atoms with Crippen LogP contribution in [0.15, 0.2) is 0 Å². The molecule has 0 fully saturated rings. The van der Waals surface area contributed by atoms with Gasteiger partial charge in [-0.3, -0.25) is 0 Å². The molecule has 0 rings (SSSR count). The fourth-order valence-corrected chi connectivity index (χ4v) is 3.58. The van der Waals surface area contributed by atoms with E-state index >= 15 is 0 Å². The zero-order valence-corrected chi connectivity index (χ0v) is 24.6. The number of rotatable bonds is 21. The van der Waals surface area contributed by atoms with Crippen molar-refractivity contribution in [2.45, 2.75) is 149 Å². The predicted octanol–water partition coefficient (Wildman–Crippen LogP) is 4.95. The summed E-state index contributed by atoms with van der Waals surface area (Å²) in [5.41, 5.74) is 0. The summed E-state index contributed by atoms with van der Waals surface area (Å²) in [5, 5.41) is 20.5. The summed E-state index contributed by atoms with van der Waals surface area (Å²) in [4.78, 5) is 20.5. The van der Waals surface area contributed by atoms with E-state index in [1.165, 1.54) is 116 Å². The van der Waals surface area contributed by atoms with E-state index in [-0.39, 0.29) is 12.3 Å². The minimum atomic E-state index is -0.903. The average Bonchev–Trinajstić information content (AvgIpc) is 2.84. The Morgan fingerprint density at radius 1 is 0.559 bits per heavy atom. The molecule has 8 heteroatoms. The summed E-state index contributed by atoms with van der Waals surface area (Å²) in [6.07, 6.45) is 23.4. The van der Waals surface area contributed by atoms with E-state index in [4.69, 9.17) is 7.61 Å². The van der Waals surface area contributed by atoms with Crippen LogP contribution in [0.5, 0.6) is 0 Å². The number of carboxylic acids is 2. The van der Waals surface area contributed by atoms with Gasteiger partial charge in [0.25, 0.3) is 0 Å². The standard InChI is InChI=1S/C18H36O2.C8H16O2.2Al.2O/c1-2-3-4-5-6-7-8-9-10-11-12-13-14-15-16-17-18(19)20;1-3-5-6-7(4-2)8(9)10;;;;/h2-17H2,1H3,(H,19,20);7H,3-6H2,1-2H3,(H,9,10);;;;/q;;2*+1;;/p-2. The zero-order valence-electron chi connectivity index (χ0n) is 22.3. The quantitative estimate of drug-likeness (QED) is 0.159. The van der Waals surface area contributed by atoms with Gasteiger partial charge in [-0.25, -0.2) is 0 Å². The van der Waals surface area contributed by atoms with E-state index in [0.29, 0.717) is 6.42 Å². The third kappa shape index (κ3) is 41.8. The summed E-state index contributed by atoms with van der Waals surface area (Å²) in [5.74, 6) is -2.02. The van der Waals surface area contributed by atoms with Crippen LogP contribution in [0, 0.1) is 5.92 Å². The molecule has 0 spiro atoms. The number of carbonyl (C=O) groups is 2. The van der Waals surface area contributed by atoms with Gasteiger partial charge in [0, 0.05) is 11.9 Å². The summed E-state index contributed by atoms with van der Waals surface area (Å²) in [6, 6.07) is 0. The Bertz CT molecular complexity index is 409. The van der Waals surface area contributed by atoms with Gasteiger partial charge >= 0.3 is 40.1 Å². The molecule has 0 bridgehead atoms. The van der Waals surface area contributed by atoms with Gasteiger partial charge in [0.05, 0.1) is 0 Å². The first-order valence-electron chi connectivity index (χ1n) is 13.4. The number of carboxylic acid groups (broad SMARTS) is 2. The van der Waals surface area contributed by atoms with Crippen LogP contribution >= 0.6 is 0 Å². The number of hydrogen-bond acceptors (Lipinski definition) is 6. The molecule has 0 aliphatic carbocycles. The van der Waals surface area contributed by atoms with E-state index in [0.717, 1.165) is 32.1 Å². The van der Waals surface area contributed by atoms with E-state index < -0.39 is 11.9 Å². The van der Waals surface area contributed by atoms with Crippen LogP contribution in [-0.4, -0.2) is 44.4 Å². The zero-order chi connectivity index (χ0) is 26.9. The maximum atomic E-state index is 10.3. The van der Waals surface area contributed by atoms with Crippen LogP contribution in [0.2, 0.25) is 0 Å². The minimum absolute atomic E-state index is 0.222. The first-order valence-corrected chi connectivity index (χ1v) is 14.3. The van der Waals surface area contributed by atoms with Crippen molar-refractivity contribution in [3.8, 4) is 0 Å². The normalized spacial score (nSPS) is 10.6. The first kappa shape index (κ1) is 40.8. The monoisotopic (exact) mass is 512 g/mol. The van der Waals surface area contributed by atoms with Crippen LogP contribution in [0.1, 0.15) is 149 Å². The predicted molar refractivity (Wildman–Crippen MR) is 136 cm³/mol. The second-order valence-electron chi connectivity index (χ2n) is 8.64. The summed E-state index contributed by atoms with van der Waals surface area (Å²) in [7, 11) is 0. The molecule has 1 atom stereocenters. The molecule has 34 heavy (non-hydrogen) atoms. The van der Waals surface area contributed by atoms with Gasteiger partial charge in [-0.1, -0.05) is 124 Å². The molecule has 6 nitrogen and oxygen atoms in total. The molecule has 0 aromatic rings.